The molecule has 0 unspecified atom stereocenters. The van der Waals surface area contributed by atoms with E-state index in [1.165, 1.54) is 0 Å². The van der Waals surface area contributed by atoms with Crippen LogP contribution in [0.4, 0.5) is 0 Å². The molecule has 3 rings (SSSR count). The van der Waals surface area contributed by atoms with Gasteiger partial charge < -0.3 is 10.2 Å². The quantitative estimate of drug-likeness (QED) is 0.728. The average molecular weight is 202 g/mol. The third-order valence-corrected chi connectivity index (χ3v) is 3.36. The molecule has 3 heteroatoms. The Hall–Kier alpha value is -1.35. The van der Waals surface area contributed by atoms with Gasteiger partial charge in [0.15, 0.2) is 0 Å². The van der Waals surface area contributed by atoms with Crippen molar-refractivity contribution in [2.45, 2.75) is 0 Å². The van der Waals surface area contributed by atoms with E-state index in [0.717, 1.165) is 31.7 Å². The van der Waals surface area contributed by atoms with Gasteiger partial charge in [-0.2, -0.15) is 0 Å². The molecule has 1 N–H and O–H groups in total. The molecule has 2 heterocycles. The van der Waals surface area contributed by atoms with Crippen LogP contribution in [0.2, 0.25) is 0 Å². The maximum absolute atomic E-state index is 12.0. The first-order valence-electron chi connectivity index (χ1n) is 5.34. The zero-order chi connectivity index (χ0) is 10.3. The summed E-state index contributed by atoms with van der Waals surface area (Å²) in [6.45, 7) is 4.00. The highest BCUT2D eigenvalue weighted by molar-refractivity contribution is 5.94. The molecule has 0 aromatic heterocycles. The van der Waals surface area contributed by atoms with Crippen LogP contribution in [0.15, 0.2) is 30.3 Å². The lowest BCUT2D eigenvalue weighted by atomic mass is 9.74. The van der Waals surface area contributed by atoms with E-state index in [1.807, 2.05) is 35.2 Å². The molecular weight excluding hydrogens is 188 g/mol. The van der Waals surface area contributed by atoms with E-state index in [9.17, 15) is 4.79 Å². The van der Waals surface area contributed by atoms with Crippen LogP contribution in [-0.4, -0.2) is 37.0 Å². The van der Waals surface area contributed by atoms with Crippen LogP contribution in [0.5, 0.6) is 0 Å². The molecule has 0 saturated carbocycles. The standard InChI is InChI=1S/C12H14N2O/c15-11(10-4-2-1-3-5-10)14-8-12(9-14)6-13-7-12/h1-5,13H,6-9H2. The predicted octanol–water partition coefficient (Wildman–Crippen LogP) is 0.732. The Morgan fingerprint density at radius 3 is 2.40 bits per heavy atom. The number of nitrogens with zero attached hydrogens (tertiary/aromatic N) is 1. The van der Waals surface area contributed by atoms with Crippen LogP contribution in [-0.2, 0) is 0 Å². The van der Waals surface area contributed by atoms with Crippen molar-refractivity contribution in [1.29, 1.82) is 0 Å². The molecule has 2 saturated heterocycles. The largest absolute Gasteiger partial charge is 0.337 e. The Labute approximate surface area is 89.1 Å². The summed E-state index contributed by atoms with van der Waals surface area (Å²) in [6.07, 6.45) is 0. The maximum atomic E-state index is 12.0. The molecule has 3 nitrogen and oxygen atoms in total. The normalized spacial score (nSPS) is 22.0. The minimum atomic E-state index is 0.174. The molecule has 15 heavy (non-hydrogen) atoms. The van der Waals surface area contributed by atoms with Crippen molar-refractivity contribution in [3.8, 4) is 0 Å². The van der Waals surface area contributed by atoms with Gasteiger partial charge in [0.25, 0.3) is 5.91 Å². The van der Waals surface area contributed by atoms with Crippen LogP contribution in [0, 0.1) is 5.41 Å². The van der Waals surface area contributed by atoms with Crippen molar-refractivity contribution < 1.29 is 4.79 Å². The third kappa shape index (κ3) is 1.35. The fourth-order valence-corrected chi connectivity index (χ4v) is 2.37. The fourth-order valence-electron chi connectivity index (χ4n) is 2.37. The van der Waals surface area contributed by atoms with Crippen molar-refractivity contribution in [3.05, 3.63) is 35.9 Å². The first kappa shape index (κ1) is 8.92. The molecule has 0 radical (unpaired) electrons. The monoisotopic (exact) mass is 202 g/mol. The lowest BCUT2D eigenvalue weighted by Crippen LogP contribution is -2.71. The van der Waals surface area contributed by atoms with Crippen molar-refractivity contribution >= 4 is 5.91 Å². The zero-order valence-corrected chi connectivity index (χ0v) is 8.57. The third-order valence-electron chi connectivity index (χ3n) is 3.36. The molecule has 2 fully saturated rings. The summed E-state index contributed by atoms with van der Waals surface area (Å²) in [7, 11) is 0. The fraction of sp³-hybridized carbons (Fsp3) is 0.417. The number of carbonyl (C=O) groups excluding carboxylic acids is 1. The maximum Gasteiger partial charge on any atom is 0.253 e. The summed E-state index contributed by atoms with van der Waals surface area (Å²) in [5, 5.41) is 3.27. The molecule has 0 bridgehead atoms. The second-order valence-corrected chi connectivity index (χ2v) is 4.63. The highest BCUT2D eigenvalue weighted by atomic mass is 16.2. The summed E-state index contributed by atoms with van der Waals surface area (Å²) in [5.41, 5.74) is 1.23. The van der Waals surface area contributed by atoms with Gasteiger partial charge in [-0.25, -0.2) is 0 Å². The molecule has 1 aromatic carbocycles. The Kier molecular flexibility index (Phi) is 1.83. The number of nitrogens with one attached hydrogen (secondary N) is 1. The summed E-state index contributed by atoms with van der Waals surface area (Å²) < 4.78 is 0. The van der Waals surface area contributed by atoms with E-state index in [4.69, 9.17) is 0 Å². The number of hydrogen-bond donors (Lipinski definition) is 1. The van der Waals surface area contributed by atoms with E-state index in [2.05, 4.69) is 5.32 Å². The Morgan fingerprint density at radius 1 is 1.20 bits per heavy atom. The van der Waals surface area contributed by atoms with E-state index in [-0.39, 0.29) is 5.91 Å². The van der Waals surface area contributed by atoms with E-state index in [1.54, 1.807) is 0 Å². The van der Waals surface area contributed by atoms with Gasteiger partial charge in [-0.1, -0.05) is 18.2 Å². The zero-order valence-electron chi connectivity index (χ0n) is 8.57. The van der Waals surface area contributed by atoms with Crippen molar-refractivity contribution in [2.24, 2.45) is 5.41 Å². The number of rotatable bonds is 1. The van der Waals surface area contributed by atoms with Gasteiger partial charge in [-0.3, -0.25) is 4.79 Å². The van der Waals surface area contributed by atoms with E-state index >= 15 is 0 Å². The van der Waals surface area contributed by atoms with E-state index in [0.29, 0.717) is 5.41 Å². The summed E-state index contributed by atoms with van der Waals surface area (Å²) >= 11 is 0. The van der Waals surface area contributed by atoms with Crippen LogP contribution in [0.1, 0.15) is 10.4 Å². The van der Waals surface area contributed by atoms with Crippen LogP contribution < -0.4 is 5.32 Å². The Balaban J connectivity index is 1.67. The van der Waals surface area contributed by atoms with Gasteiger partial charge in [0.1, 0.15) is 0 Å². The van der Waals surface area contributed by atoms with Gasteiger partial charge in [0.2, 0.25) is 0 Å². The molecule has 2 aliphatic heterocycles. The van der Waals surface area contributed by atoms with Crippen molar-refractivity contribution in [2.75, 3.05) is 26.2 Å². The number of likely N-dealkylation sites (tertiary alicyclic amines) is 1. The van der Waals surface area contributed by atoms with Crippen LogP contribution in [0.3, 0.4) is 0 Å². The van der Waals surface area contributed by atoms with E-state index < -0.39 is 0 Å². The van der Waals surface area contributed by atoms with Gasteiger partial charge >= 0.3 is 0 Å². The SMILES string of the molecule is O=C(c1ccccc1)N1CC2(CNC2)C1. The number of benzene rings is 1. The Morgan fingerprint density at radius 2 is 1.87 bits per heavy atom. The Bertz CT molecular complexity index is 376. The molecule has 2 aliphatic rings. The van der Waals surface area contributed by atoms with Gasteiger partial charge in [-0.15, -0.1) is 0 Å². The second-order valence-electron chi connectivity index (χ2n) is 4.63. The molecule has 0 atom stereocenters. The van der Waals surface area contributed by atoms with Gasteiger partial charge in [-0.05, 0) is 12.1 Å². The van der Waals surface area contributed by atoms with Crippen molar-refractivity contribution in [1.82, 2.24) is 10.2 Å². The molecule has 0 aliphatic carbocycles. The second kappa shape index (κ2) is 3.07. The average Bonchev–Trinajstić information content (AvgIpc) is 2.14. The van der Waals surface area contributed by atoms with Crippen LogP contribution in [0.25, 0.3) is 0 Å². The molecule has 1 spiro atoms. The highest BCUT2D eigenvalue weighted by Gasteiger charge is 2.49. The number of carbonyl (C=O) groups is 1. The lowest BCUT2D eigenvalue weighted by molar-refractivity contribution is -0.0248. The van der Waals surface area contributed by atoms with Gasteiger partial charge in [0.05, 0.1) is 0 Å². The minimum absolute atomic E-state index is 0.174. The summed E-state index contributed by atoms with van der Waals surface area (Å²) in [4.78, 5) is 13.9. The lowest BCUT2D eigenvalue weighted by Gasteiger charge is -2.56. The van der Waals surface area contributed by atoms with Crippen LogP contribution >= 0.6 is 0 Å². The summed E-state index contributed by atoms with van der Waals surface area (Å²) in [6, 6.07) is 9.52. The predicted molar refractivity (Wildman–Crippen MR) is 57.6 cm³/mol. The first-order chi connectivity index (χ1) is 7.29. The van der Waals surface area contributed by atoms with Crippen molar-refractivity contribution in [3.63, 3.8) is 0 Å². The highest BCUT2D eigenvalue weighted by Crippen LogP contribution is 2.34. The smallest absolute Gasteiger partial charge is 0.253 e. The number of hydrogen-bond acceptors (Lipinski definition) is 2. The summed E-state index contributed by atoms with van der Waals surface area (Å²) in [5.74, 6) is 0.174. The number of amides is 1. The molecule has 1 amide bonds. The molecular formula is C12H14N2O. The topological polar surface area (TPSA) is 32.3 Å². The molecule has 1 aromatic rings. The minimum Gasteiger partial charge on any atom is -0.337 e. The molecule has 78 valence electrons. The van der Waals surface area contributed by atoms with Gasteiger partial charge in [0, 0.05) is 37.2 Å². The first-order valence-corrected chi connectivity index (χ1v) is 5.34.